The highest BCUT2D eigenvalue weighted by Crippen LogP contribution is 2.34. The quantitative estimate of drug-likeness (QED) is 0.729. The zero-order chi connectivity index (χ0) is 12.8. The molecule has 1 atom stereocenters. The monoisotopic (exact) mass is 249 g/mol. The molecule has 0 amide bonds. The Balaban J connectivity index is 1.82. The minimum Gasteiger partial charge on any atom is -0.314 e. The van der Waals surface area contributed by atoms with Crippen molar-refractivity contribution in [2.45, 2.75) is 65.0 Å². The van der Waals surface area contributed by atoms with E-state index < -0.39 is 0 Å². The summed E-state index contributed by atoms with van der Waals surface area (Å²) in [5.41, 5.74) is 1.40. The number of hydrogen-bond acceptors (Lipinski definition) is 2. The van der Waals surface area contributed by atoms with Gasteiger partial charge in [0, 0.05) is 24.5 Å². The van der Waals surface area contributed by atoms with Crippen LogP contribution in [0.4, 0.5) is 0 Å². The van der Waals surface area contributed by atoms with Crippen molar-refractivity contribution in [3.8, 4) is 0 Å². The van der Waals surface area contributed by atoms with Crippen LogP contribution in [0, 0.1) is 5.92 Å². The van der Waals surface area contributed by atoms with E-state index in [-0.39, 0.29) is 0 Å². The highest BCUT2D eigenvalue weighted by Gasteiger charge is 2.30. The first kappa shape index (κ1) is 13.6. The van der Waals surface area contributed by atoms with Crippen LogP contribution in [-0.4, -0.2) is 22.4 Å². The molecule has 1 aliphatic rings. The lowest BCUT2D eigenvalue weighted by molar-refractivity contribution is 0.428. The summed E-state index contributed by atoms with van der Waals surface area (Å²) < 4.78 is 2.17. The van der Waals surface area contributed by atoms with Crippen LogP contribution < -0.4 is 5.32 Å². The first-order valence-electron chi connectivity index (χ1n) is 7.59. The Morgan fingerprint density at radius 2 is 2.22 bits per heavy atom. The fraction of sp³-hybridized carbons (Fsp3) is 0.800. The average Bonchev–Trinajstić information content (AvgIpc) is 3.12. The van der Waals surface area contributed by atoms with Gasteiger partial charge in [-0.25, -0.2) is 0 Å². The Bertz CT molecular complexity index is 341. The molecule has 1 heterocycles. The summed E-state index contributed by atoms with van der Waals surface area (Å²) in [5.74, 6) is 0.944. The molecule has 1 saturated carbocycles. The molecular formula is C15H27N3. The Labute approximate surface area is 111 Å². The minimum absolute atomic E-state index is 0.731. The molecule has 18 heavy (non-hydrogen) atoms. The van der Waals surface area contributed by atoms with Crippen LogP contribution in [0.2, 0.25) is 0 Å². The van der Waals surface area contributed by atoms with Crippen LogP contribution in [0.5, 0.6) is 0 Å². The van der Waals surface area contributed by atoms with E-state index in [0.717, 1.165) is 37.9 Å². The van der Waals surface area contributed by atoms with Crippen molar-refractivity contribution >= 4 is 0 Å². The molecule has 1 aromatic heterocycles. The molecule has 1 aromatic rings. The fourth-order valence-corrected chi connectivity index (χ4v) is 2.62. The number of rotatable bonds is 9. The van der Waals surface area contributed by atoms with Crippen LogP contribution in [0.3, 0.4) is 0 Å². The highest BCUT2D eigenvalue weighted by atomic mass is 15.3. The molecule has 1 aliphatic carbocycles. The molecule has 1 unspecified atom stereocenters. The summed E-state index contributed by atoms with van der Waals surface area (Å²) in [6.45, 7) is 6.67. The molecule has 0 radical (unpaired) electrons. The second-order valence-electron chi connectivity index (χ2n) is 5.48. The van der Waals surface area contributed by atoms with E-state index in [1.807, 2.05) is 6.20 Å². The fourth-order valence-electron chi connectivity index (χ4n) is 2.62. The molecule has 1 N–H and O–H groups in total. The van der Waals surface area contributed by atoms with Gasteiger partial charge in [0.15, 0.2) is 0 Å². The third-order valence-electron chi connectivity index (χ3n) is 3.80. The van der Waals surface area contributed by atoms with Crippen LogP contribution in [-0.2, 0) is 13.0 Å². The van der Waals surface area contributed by atoms with Gasteiger partial charge in [-0.1, -0.05) is 13.8 Å². The molecular weight excluding hydrogens is 222 g/mol. The van der Waals surface area contributed by atoms with Crippen molar-refractivity contribution in [2.75, 3.05) is 6.54 Å². The molecule has 0 saturated heterocycles. The SMILES string of the molecule is CCCNC(CCc1ccnn1CCC)C1CC1. The summed E-state index contributed by atoms with van der Waals surface area (Å²) in [7, 11) is 0. The van der Waals surface area contributed by atoms with Gasteiger partial charge in [0.2, 0.25) is 0 Å². The summed E-state index contributed by atoms with van der Waals surface area (Å²) in [6, 6.07) is 2.91. The lowest BCUT2D eigenvalue weighted by Crippen LogP contribution is -2.32. The Morgan fingerprint density at radius 3 is 2.89 bits per heavy atom. The maximum absolute atomic E-state index is 4.40. The van der Waals surface area contributed by atoms with Gasteiger partial charge in [-0.3, -0.25) is 4.68 Å². The van der Waals surface area contributed by atoms with Gasteiger partial charge in [-0.2, -0.15) is 5.10 Å². The maximum atomic E-state index is 4.40. The lowest BCUT2D eigenvalue weighted by Gasteiger charge is -2.18. The molecule has 0 spiro atoms. The average molecular weight is 249 g/mol. The third-order valence-corrected chi connectivity index (χ3v) is 3.80. The summed E-state index contributed by atoms with van der Waals surface area (Å²) >= 11 is 0. The van der Waals surface area contributed by atoms with E-state index in [4.69, 9.17) is 0 Å². The highest BCUT2D eigenvalue weighted by molar-refractivity contribution is 5.02. The van der Waals surface area contributed by atoms with E-state index in [9.17, 15) is 0 Å². The molecule has 1 fully saturated rings. The van der Waals surface area contributed by atoms with Crippen LogP contribution in [0.25, 0.3) is 0 Å². The molecule has 2 rings (SSSR count). The number of aryl methyl sites for hydroxylation is 2. The van der Waals surface area contributed by atoms with Crippen molar-refractivity contribution < 1.29 is 0 Å². The van der Waals surface area contributed by atoms with Gasteiger partial charge < -0.3 is 5.32 Å². The van der Waals surface area contributed by atoms with Gasteiger partial charge >= 0.3 is 0 Å². The standard InChI is InChI=1S/C15H27N3/c1-3-10-16-15(13-5-6-13)8-7-14-9-11-17-18(14)12-4-2/h9,11,13,15-16H,3-8,10,12H2,1-2H3. The zero-order valence-corrected chi connectivity index (χ0v) is 11.9. The molecule has 0 aliphatic heterocycles. The largest absolute Gasteiger partial charge is 0.314 e. The Morgan fingerprint density at radius 1 is 1.39 bits per heavy atom. The smallest absolute Gasteiger partial charge is 0.0492 e. The van der Waals surface area contributed by atoms with Gasteiger partial charge in [0.1, 0.15) is 0 Å². The maximum Gasteiger partial charge on any atom is 0.0492 e. The van der Waals surface area contributed by atoms with Crippen molar-refractivity contribution in [1.29, 1.82) is 0 Å². The summed E-state index contributed by atoms with van der Waals surface area (Å²) in [6.07, 6.45) is 9.62. The zero-order valence-electron chi connectivity index (χ0n) is 11.9. The van der Waals surface area contributed by atoms with Crippen molar-refractivity contribution in [3.63, 3.8) is 0 Å². The van der Waals surface area contributed by atoms with Gasteiger partial charge in [-0.05, 0) is 57.1 Å². The van der Waals surface area contributed by atoms with Crippen LogP contribution >= 0.6 is 0 Å². The predicted octanol–water partition coefficient (Wildman–Crippen LogP) is 3.00. The first-order chi connectivity index (χ1) is 8.85. The molecule has 0 bridgehead atoms. The van der Waals surface area contributed by atoms with Crippen LogP contribution in [0.1, 0.15) is 51.6 Å². The summed E-state index contributed by atoms with van der Waals surface area (Å²) in [4.78, 5) is 0. The van der Waals surface area contributed by atoms with E-state index in [1.165, 1.54) is 31.4 Å². The van der Waals surface area contributed by atoms with Crippen molar-refractivity contribution in [1.82, 2.24) is 15.1 Å². The Kier molecular flexibility index (Phi) is 5.24. The topological polar surface area (TPSA) is 29.9 Å². The third kappa shape index (κ3) is 3.84. The van der Waals surface area contributed by atoms with Gasteiger partial charge in [0.25, 0.3) is 0 Å². The molecule has 102 valence electrons. The van der Waals surface area contributed by atoms with Crippen molar-refractivity contribution in [3.05, 3.63) is 18.0 Å². The number of nitrogens with one attached hydrogen (secondary N) is 1. The van der Waals surface area contributed by atoms with Crippen LogP contribution in [0.15, 0.2) is 12.3 Å². The van der Waals surface area contributed by atoms with E-state index in [2.05, 4.69) is 35.0 Å². The first-order valence-corrected chi connectivity index (χ1v) is 7.59. The molecule has 3 heteroatoms. The van der Waals surface area contributed by atoms with Gasteiger partial charge in [-0.15, -0.1) is 0 Å². The molecule has 3 nitrogen and oxygen atoms in total. The predicted molar refractivity (Wildman–Crippen MR) is 75.6 cm³/mol. The summed E-state index contributed by atoms with van der Waals surface area (Å²) in [5, 5.41) is 8.12. The number of hydrogen-bond donors (Lipinski definition) is 1. The number of aromatic nitrogens is 2. The van der Waals surface area contributed by atoms with Gasteiger partial charge in [0.05, 0.1) is 0 Å². The Hall–Kier alpha value is -0.830. The number of nitrogens with zero attached hydrogens (tertiary/aromatic N) is 2. The van der Waals surface area contributed by atoms with E-state index in [1.54, 1.807) is 0 Å². The normalized spacial score (nSPS) is 17.0. The second kappa shape index (κ2) is 6.93. The van der Waals surface area contributed by atoms with E-state index in [0.29, 0.717) is 0 Å². The van der Waals surface area contributed by atoms with E-state index >= 15 is 0 Å². The minimum atomic E-state index is 0.731. The second-order valence-corrected chi connectivity index (χ2v) is 5.48. The lowest BCUT2D eigenvalue weighted by atomic mass is 10.0. The van der Waals surface area contributed by atoms with Crippen molar-refractivity contribution in [2.24, 2.45) is 5.92 Å². The molecule has 0 aromatic carbocycles.